The minimum absolute atomic E-state index is 0.116. The predicted molar refractivity (Wildman–Crippen MR) is 125 cm³/mol. The first-order valence-corrected chi connectivity index (χ1v) is 10.5. The molecule has 0 bridgehead atoms. The molecule has 0 saturated carbocycles. The number of hydrogen-bond donors (Lipinski definition) is 2. The van der Waals surface area contributed by atoms with Gasteiger partial charge in [0.25, 0.3) is 11.8 Å². The second-order valence-corrected chi connectivity index (χ2v) is 8.23. The van der Waals surface area contributed by atoms with Gasteiger partial charge in [0.05, 0.1) is 23.2 Å². The normalized spacial score (nSPS) is 11.1. The van der Waals surface area contributed by atoms with Gasteiger partial charge in [-0.05, 0) is 53.9 Å². The van der Waals surface area contributed by atoms with E-state index in [2.05, 4.69) is 5.32 Å². The van der Waals surface area contributed by atoms with E-state index >= 15 is 0 Å². The summed E-state index contributed by atoms with van der Waals surface area (Å²) >= 11 is 0. The third-order valence-electron chi connectivity index (χ3n) is 5.27. The quantitative estimate of drug-likeness (QED) is 0.500. The van der Waals surface area contributed by atoms with Crippen molar-refractivity contribution >= 4 is 23.5 Å². The lowest BCUT2D eigenvalue weighted by molar-refractivity contribution is -0.138. The van der Waals surface area contributed by atoms with Crippen LogP contribution in [0.3, 0.4) is 0 Å². The monoisotopic (exact) mass is 484 g/mol. The Morgan fingerprint density at radius 3 is 2.14 bits per heavy atom. The molecule has 2 amide bonds. The first-order valence-electron chi connectivity index (χ1n) is 10.5. The highest BCUT2D eigenvalue weighted by Crippen LogP contribution is 2.32. The number of benzene rings is 3. The number of carbonyl (C=O) groups is 3. The van der Waals surface area contributed by atoms with Gasteiger partial charge in [-0.25, -0.2) is 0 Å². The average molecular weight is 484 g/mol. The fourth-order valence-electron chi connectivity index (χ4n) is 3.53. The number of carbonyl (C=O) groups excluding carboxylic acids is 2. The van der Waals surface area contributed by atoms with Crippen molar-refractivity contribution in [2.24, 2.45) is 0 Å². The third-order valence-corrected chi connectivity index (χ3v) is 5.27. The van der Waals surface area contributed by atoms with E-state index in [1.54, 1.807) is 25.1 Å². The van der Waals surface area contributed by atoms with Crippen molar-refractivity contribution in [3.8, 4) is 11.1 Å². The topological polar surface area (TPSA) is 86.7 Å². The number of rotatable bonds is 6. The number of anilines is 1. The van der Waals surface area contributed by atoms with Gasteiger partial charge in [0, 0.05) is 19.7 Å². The number of carboxylic acids is 1. The first kappa shape index (κ1) is 25.5. The molecule has 0 spiro atoms. The molecule has 0 saturated heterocycles. The van der Waals surface area contributed by atoms with Crippen LogP contribution in [-0.4, -0.2) is 41.9 Å². The van der Waals surface area contributed by atoms with Crippen molar-refractivity contribution in [1.82, 2.24) is 4.90 Å². The van der Waals surface area contributed by atoms with Crippen LogP contribution < -0.4 is 5.32 Å². The van der Waals surface area contributed by atoms with Gasteiger partial charge in [-0.3, -0.25) is 14.4 Å². The summed E-state index contributed by atoms with van der Waals surface area (Å²) in [5.74, 6) is -2.07. The smallest absolute Gasteiger partial charge is 0.416 e. The number of hydrogen-bond acceptors (Lipinski definition) is 3. The highest BCUT2D eigenvalue weighted by atomic mass is 19.4. The van der Waals surface area contributed by atoms with Gasteiger partial charge in [0.15, 0.2) is 0 Å². The zero-order valence-corrected chi connectivity index (χ0v) is 19.2. The summed E-state index contributed by atoms with van der Waals surface area (Å²) in [6.45, 7) is 1.80. The SMILES string of the molecule is Cc1ccc(C(=O)Nc2ccc(CC(=O)O)cc2C(=O)N(C)C)c(-c2ccc(C(F)(F)F)cc2)c1. The van der Waals surface area contributed by atoms with Crippen LogP contribution in [0, 0.1) is 6.92 Å². The average Bonchev–Trinajstić information content (AvgIpc) is 2.78. The molecule has 0 heterocycles. The Kier molecular flexibility index (Phi) is 7.28. The summed E-state index contributed by atoms with van der Waals surface area (Å²) < 4.78 is 38.9. The van der Waals surface area contributed by atoms with E-state index in [4.69, 9.17) is 5.11 Å². The lowest BCUT2D eigenvalue weighted by Gasteiger charge is -2.17. The molecule has 0 aliphatic heterocycles. The van der Waals surface area contributed by atoms with Crippen LogP contribution in [0.25, 0.3) is 11.1 Å². The first-order chi connectivity index (χ1) is 16.4. The van der Waals surface area contributed by atoms with Crippen molar-refractivity contribution in [2.75, 3.05) is 19.4 Å². The van der Waals surface area contributed by atoms with Crippen molar-refractivity contribution in [1.29, 1.82) is 0 Å². The molecule has 0 aliphatic rings. The van der Waals surface area contributed by atoms with Crippen molar-refractivity contribution in [3.05, 3.63) is 88.5 Å². The van der Waals surface area contributed by atoms with E-state index in [1.807, 2.05) is 0 Å². The molecule has 0 radical (unpaired) electrons. The van der Waals surface area contributed by atoms with Gasteiger partial charge in [0.2, 0.25) is 0 Å². The Balaban J connectivity index is 2.00. The Morgan fingerprint density at radius 2 is 1.57 bits per heavy atom. The number of amides is 2. The van der Waals surface area contributed by atoms with Crippen molar-refractivity contribution in [3.63, 3.8) is 0 Å². The third kappa shape index (κ3) is 6.06. The summed E-state index contributed by atoms with van der Waals surface area (Å²) in [6.07, 6.45) is -4.77. The zero-order chi connectivity index (χ0) is 25.9. The minimum Gasteiger partial charge on any atom is -0.481 e. The lowest BCUT2D eigenvalue weighted by atomic mass is 9.96. The number of aliphatic carboxylic acids is 1. The molecule has 0 aromatic heterocycles. The van der Waals surface area contributed by atoms with E-state index in [-0.39, 0.29) is 23.2 Å². The summed E-state index contributed by atoms with van der Waals surface area (Å²) in [6, 6.07) is 13.8. The highest BCUT2D eigenvalue weighted by Gasteiger charge is 2.30. The zero-order valence-electron chi connectivity index (χ0n) is 19.2. The molecule has 2 N–H and O–H groups in total. The van der Waals surface area contributed by atoms with E-state index in [9.17, 15) is 27.6 Å². The standard InChI is InChI=1S/C26H23F3N2O4/c1-15-4-10-19(20(12-15)17-6-8-18(9-7-17)26(27,28)29)24(34)30-22-11-5-16(14-23(32)33)13-21(22)25(35)31(2)3/h4-13H,14H2,1-3H3,(H,30,34)(H,32,33). The number of aryl methyl sites for hydroxylation is 1. The maximum atomic E-state index is 13.2. The van der Waals surface area contributed by atoms with Crippen molar-refractivity contribution < 1.29 is 32.7 Å². The number of nitrogens with one attached hydrogen (secondary N) is 1. The molecule has 6 nitrogen and oxygen atoms in total. The summed E-state index contributed by atoms with van der Waals surface area (Å²) in [5, 5.41) is 11.8. The maximum Gasteiger partial charge on any atom is 0.416 e. The van der Waals surface area contributed by atoms with Crippen LogP contribution in [0.15, 0.2) is 60.7 Å². The Labute approximate surface area is 200 Å². The Morgan fingerprint density at radius 1 is 0.914 bits per heavy atom. The molecule has 182 valence electrons. The minimum atomic E-state index is -4.48. The summed E-state index contributed by atoms with van der Waals surface area (Å²) in [5.41, 5.74) is 1.75. The molecule has 9 heteroatoms. The van der Waals surface area contributed by atoms with Crippen LogP contribution in [0.4, 0.5) is 18.9 Å². The molecule has 0 unspecified atom stereocenters. The van der Waals surface area contributed by atoms with Crippen molar-refractivity contribution in [2.45, 2.75) is 19.5 Å². The molecular formula is C26H23F3N2O4. The van der Waals surface area contributed by atoms with E-state index in [0.717, 1.165) is 17.7 Å². The number of nitrogens with zero attached hydrogens (tertiary/aromatic N) is 1. The van der Waals surface area contributed by atoms with Gasteiger partial charge < -0.3 is 15.3 Å². The fraction of sp³-hybridized carbons (Fsp3) is 0.192. The van der Waals surface area contributed by atoms with Gasteiger partial charge >= 0.3 is 12.1 Å². The van der Waals surface area contributed by atoms with Crippen LogP contribution in [0.2, 0.25) is 0 Å². The molecule has 3 rings (SSSR count). The molecular weight excluding hydrogens is 461 g/mol. The molecule has 0 aliphatic carbocycles. The Bertz CT molecular complexity index is 1280. The van der Waals surface area contributed by atoms with Gasteiger partial charge in [-0.2, -0.15) is 13.2 Å². The summed E-state index contributed by atoms with van der Waals surface area (Å²) in [7, 11) is 3.06. The highest BCUT2D eigenvalue weighted by molar-refractivity contribution is 6.12. The molecule has 35 heavy (non-hydrogen) atoms. The van der Waals surface area contributed by atoms with Gasteiger partial charge in [-0.1, -0.05) is 35.9 Å². The second-order valence-electron chi connectivity index (χ2n) is 8.23. The molecule has 0 atom stereocenters. The van der Waals surface area contributed by atoms with Crippen LogP contribution in [0.5, 0.6) is 0 Å². The van der Waals surface area contributed by atoms with E-state index in [0.29, 0.717) is 16.7 Å². The van der Waals surface area contributed by atoms with Crippen LogP contribution in [-0.2, 0) is 17.4 Å². The van der Waals surface area contributed by atoms with Gasteiger partial charge in [0.1, 0.15) is 0 Å². The van der Waals surface area contributed by atoms with Crippen LogP contribution in [0.1, 0.15) is 37.4 Å². The number of carboxylic acid groups (broad SMARTS) is 1. The summed E-state index contributed by atoms with van der Waals surface area (Å²) in [4.78, 5) is 38.3. The second kappa shape index (κ2) is 10.0. The maximum absolute atomic E-state index is 13.2. The van der Waals surface area contributed by atoms with E-state index in [1.165, 1.54) is 49.3 Å². The largest absolute Gasteiger partial charge is 0.481 e. The predicted octanol–water partition coefficient (Wildman–Crippen LogP) is 5.26. The fourth-order valence-corrected chi connectivity index (χ4v) is 3.53. The number of halogens is 3. The molecule has 3 aromatic carbocycles. The van der Waals surface area contributed by atoms with Gasteiger partial charge in [-0.15, -0.1) is 0 Å². The number of alkyl halides is 3. The molecule has 0 fully saturated rings. The Hall–Kier alpha value is -4.14. The lowest BCUT2D eigenvalue weighted by Crippen LogP contribution is -2.24. The van der Waals surface area contributed by atoms with E-state index < -0.39 is 29.5 Å². The van der Waals surface area contributed by atoms with Crippen LogP contribution >= 0.6 is 0 Å². The molecule has 3 aromatic rings.